The lowest BCUT2D eigenvalue weighted by Gasteiger charge is -2.32. The second kappa shape index (κ2) is 8.10. The van der Waals surface area contributed by atoms with Crippen LogP contribution in [-0.4, -0.2) is 48.5 Å². The summed E-state index contributed by atoms with van der Waals surface area (Å²) in [5, 5.41) is 0. The first-order chi connectivity index (χ1) is 12.6. The van der Waals surface area contributed by atoms with Gasteiger partial charge in [-0.15, -0.1) is 0 Å². The van der Waals surface area contributed by atoms with E-state index in [9.17, 15) is 9.59 Å². The van der Waals surface area contributed by atoms with Gasteiger partial charge in [-0.25, -0.2) is 0 Å². The Morgan fingerprint density at radius 2 is 2.00 bits per heavy atom. The van der Waals surface area contributed by atoms with Gasteiger partial charge in [-0.05, 0) is 37.1 Å². The molecule has 0 saturated carbocycles. The Labute approximate surface area is 153 Å². The number of aromatic nitrogens is 1. The molecule has 2 heterocycles. The second-order valence-corrected chi connectivity index (χ2v) is 6.50. The fraction of sp³-hybridized carbons (Fsp3) is 0.350. The minimum Gasteiger partial charge on any atom is -0.375 e. The normalized spacial score (nSPS) is 17.1. The third-order valence-corrected chi connectivity index (χ3v) is 4.70. The van der Waals surface area contributed by atoms with Gasteiger partial charge >= 0.3 is 0 Å². The third kappa shape index (κ3) is 4.08. The lowest BCUT2D eigenvalue weighted by Crippen LogP contribution is -2.41. The topological polar surface area (TPSA) is 85.5 Å². The van der Waals surface area contributed by atoms with Crippen LogP contribution in [0, 0.1) is 0 Å². The molecule has 2 N–H and O–H groups in total. The molecule has 2 aromatic rings. The number of amides is 2. The van der Waals surface area contributed by atoms with E-state index in [1.807, 2.05) is 35.2 Å². The number of pyridine rings is 1. The molecular formula is C20H23N3O3. The number of piperidine rings is 1. The Balaban J connectivity index is 1.78. The molecule has 1 aromatic carbocycles. The molecular weight excluding hydrogens is 330 g/mol. The summed E-state index contributed by atoms with van der Waals surface area (Å²) in [4.78, 5) is 30.0. The van der Waals surface area contributed by atoms with Crippen molar-refractivity contribution >= 4 is 11.8 Å². The molecule has 26 heavy (non-hydrogen) atoms. The lowest BCUT2D eigenvalue weighted by atomic mass is 9.93. The zero-order chi connectivity index (χ0) is 18.5. The van der Waals surface area contributed by atoms with Crippen molar-refractivity contribution in [2.75, 3.05) is 26.8 Å². The molecule has 136 valence electrons. The van der Waals surface area contributed by atoms with E-state index in [0.717, 1.165) is 36.3 Å². The van der Waals surface area contributed by atoms with Crippen LogP contribution in [-0.2, 0) is 9.53 Å². The molecule has 1 atom stereocenters. The fourth-order valence-electron chi connectivity index (χ4n) is 3.30. The number of primary amides is 1. The predicted octanol–water partition coefficient (Wildman–Crippen LogP) is 2.20. The van der Waals surface area contributed by atoms with Crippen LogP contribution in [0.5, 0.6) is 0 Å². The average Bonchev–Trinajstić information content (AvgIpc) is 2.68. The summed E-state index contributed by atoms with van der Waals surface area (Å²) in [6.45, 7) is 1.55. The number of hydrogen-bond donors (Lipinski definition) is 1. The maximum atomic E-state index is 12.1. The summed E-state index contributed by atoms with van der Waals surface area (Å²) < 4.78 is 4.96. The minimum absolute atomic E-state index is 0.0235. The maximum Gasteiger partial charge on any atom is 0.248 e. The van der Waals surface area contributed by atoms with Gasteiger partial charge in [0.1, 0.15) is 6.61 Å². The number of carbonyl (C=O) groups is 2. The molecule has 2 amide bonds. The van der Waals surface area contributed by atoms with Crippen molar-refractivity contribution in [3.8, 4) is 11.3 Å². The van der Waals surface area contributed by atoms with Crippen LogP contribution in [0.1, 0.15) is 34.8 Å². The van der Waals surface area contributed by atoms with E-state index >= 15 is 0 Å². The molecule has 6 heteroatoms. The summed E-state index contributed by atoms with van der Waals surface area (Å²) in [5.74, 6) is -0.203. The van der Waals surface area contributed by atoms with Crippen LogP contribution in [0.15, 0.2) is 42.5 Å². The van der Waals surface area contributed by atoms with E-state index in [2.05, 4.69) is 0 Å². The van der Waals surface area contributed by atoms with Crippen LogP contribution in [0.2, 0.25) is 0 Å². The minimum atomic E-state index is -0.443. The van der Waals surface area contributed by atoms with Gasteiger partial charge in [0.25, 0.3) is 0 Å². The first-order valence-corrected chi connectivity index (χ1v) is 8.72. The van der Waals surface area contributed by atoms with E-state index in [1.165, 1.54) is 7.11 Å². The van der Waals surface area contributed by atoms with Gasteiger partial charge in [0.05, 0.1) is 5.69 Å². The van der Waals surface area contributed by atoms with Crippen molar-refractivity contribution in [1.82, 2.24) is 9.88 Å². The van der Waals surface area contributed by atoms with Gasteiger partial charge in [0.15, 0.2) is 0 Å². The molecule has 0 radical (unpaired) electrons. The van der Waals surface area contributed by atoms with E-state index in [1.54, 1.807) is 12.1 Å². The Hall–Kier alpha value is -2.73. The molecule has 0 bridgehead atoms. The van der Waals surface area contributed by atoms with Gasteiger partial charge in [-0.1, -0.05) is 18.2 Å². The van der Waals surface area contributed by atoms with Crippen LogP contribution < -0.4 is 5.73 Å². The third-order valence-electron chi connectivity index (χ3n) is 4.70. The van der Waals surface area contributed by atoms with E-state index < -0.39 is 5.91 Å². The zero-order valence-electron chi connectivity index (χ0n) is 14.9. The van der Waals surface area contributed by atoms with Crippen LogP contribution >= 0.6 is 0 Å². The molecule has 6 nitrogen and oxygen atoms in total. The Kier molecular flexibility index (Phi) is 5.63. The van der Waals surface area contributed by atoms with Gasteiger partial charge in [0, 0.05) is 42.9 Å². The molecule has 1 aromatic heterocycles. The first-order valence-electron chi connectivity index (χ1n) is 8.72. The smallest absolute Gasteiger partial charge is 0.248 e. The standard InChI is InChI=1S/C20H23N3O3/c1-26-13-19(24)23-11-3-4-16(12-23)18-6-2-5-17(22-18)14-7-9-15(10-8-14)20(21)25/h2,5-10,16H,3-4,11-13H2,1H3,(H2,21,25)/t16-/m1/s1. The van der Waals surface area contributed by atoms with Gasteiger partial charge in [0.2, 0.25) is 11.8 Å². The highest BCUT2D eigenvalue weighted by atomic mass is 16.5. The van der Waals surface area contributed by atoms with Crippen molar-refractivity contribution in [2.24, 2.45) is 5.73 Å². The number of carbonyl (C=O) groups excluding carboxylic acids is 2. The first kappa shape index (κ1) is 18.1. The molecule has 0 unspecified atom stereocenters. The number of nitrogens with two attached hydrogens (primary N) is 1. The van der Waals surface area contributed by atoms with E-state index in [-0.39, 0.29) is 18.4 Å². The largest absolute Gasteiger partial charge is 0.375 e. The number of benzene rings is 1. The number of hydrogen-bond acceptors (Lipinski definition) is 4. The predicted molar refractivity (Wildman–Crippen MR) is 98.6 cm³/mol. The van der Waals surface area contributed by atoms with Crippen molar-refractivity contribution < 1.29 is 14.3 Å². The highest BCUT2D eigenvalue weighted by Crippen LogP contribution is 2.27. The van der Waals surface area contributed by atoms with Crippen LogP contribution in [0.3, 0.4) is 0 Å². The fourth-order valence-corrected chi connectivity index (χ4v) is 3.30. The van der Waals surface area contributed by atoms with Crippen molar-refractivity contribution in [3.05, 3.63) is 53.7 Å². The van der Waals surface area contributed by atoms with Crippen molar-refractivity contribution in [1.29, 1.82) is 0 Å². The summed E-state index contributed by atoms with van der Waals surface area (Å²) in [6, 6.07) is 13.0. The van der Waals surface area contributed by atoms with Crippen LogP contribution in [0.4, 0.5) is 0 Å². The molecule has 1 aliphatic rings. The Bertz CT molecular complexity index is 789. The average molecular weight is 353 g/mol. The lowest BCUT2D eigenvalue weighted by molar-refractivity contribution is -0.136. The highest BCUT2D eigenvalue weighted by molar-refractivity contribution is 5.93. The SMILES string of the molecule is COCC(=O)N1CCC[C@@H](c2cccc(-c3ccc(C(N)=O)cc3)n2)C1. The van der Waals surface area contributed by atoms with Crippen LogP contribution in [0.25, 0.3) is 11.3 Å². The zero-order valence-corrected chi connectivity index (χ0v) is 14.9. The molecule has 0 aliphatic carbocycles. The van der Waals surface area contributed by atoms with Crippen molar-refractivity contribution in [2.45, 2.75) is 18.8 Å². The Morgan fingerprint density at radius 1 is 1.23 bits per heavy atom. The number of likely N-dealkylation sites (tertiary alicyclic amines) is 1. The van der Waals surface area contributed by atoms with E-state index in [0.29, 0.717) is 12.1 Å². The quantitative estimate of drug-likeness (QED) is 0.893. The van der Waals surface area contributed by atoms with E-state index in [4.69, 9.17) is 15.5 Å². The molecule has 1 saturated heterocycles. The number of ether oxygens (including phenoxy) is 1. The summed E-state index contributed by atoms with van der Waals surface area (Å²) in [5.41, 5.74) is 8.52. The molecule has 1 aliphatic heterocycles. The summed E-state index contributed by atoms with van der Waals surface area (Å²) >= 11 is 0. The summed E-state index contributed by atoms with van der Waals surface area (Å²) in [6.07, 6.45) is 1.97. The Morgan fingerprint density at radius 3 is 2.69 bits per heavy atom. The molecule has 0 spiro atoms. The number of rotatable bonds is 5. The van der Waals surface area contributed by atoms with Gasteiger partial charge in [-0.3, -0.25) is 14.6 Å². The second-order valence-electron chi connectivity index (χ2n) is 6.50. The molecule has 3 rings (SSSR count). The number of methoxy groups -OCH3 is 1. The highest BCUT2D eigenvalue weighted by Gasteiger charge is 2.25. The molecule has 1 fully saturated rings. The monoisotopic (exact) mass is 353 g/mol. The van der Waals surface area contributed by atoms with Gasteiger partial charge in [-0.2, -0.15) is 0 Å². The van der Waals surface area contributed by atoms with Gasteiger partial charge < -0.3 is 15.4 Å². The summed E-state index contributed by atoms with van der Waals surface area (Å²) in [7, 11) is 1.54. The number of nitrogens with zero attached hydrogens (tertiary/aromatic N) is 2. The van der Waals surface area contributed by atoms with Crippen molar-refractivity contribution in [3.63, 3.8) is 0 Å². The maximum absolute atomic E-state index is 12.1.